The first-order chi connectivity index (χ1) is 5.24. The van der Waals surface area contributed by atoms with Crippen LogP contribution in [-0.4, -0.2) is 18.9 Å². The topological polar surface area (TPSA) is 43.4 Å². The highest BCUT2D eigenvalue weighted by atomic mass is 16.5. The van der Waals surface area contributed by atoms with Crippen LogP contribution in [0.1, 0.15) is 26.7 Å². The predicted molar refractivity (Wildman–Crippen MR) is 40.7 cm³/mol. The molecule has 1 radical (unpaired) electrons. The van der Waals surface area contributed by atoms with Gasteiger partial charge in [-0.05, 0) is 13.3 Å². The third-order valence-corrected chi connectivity index (χ3v) is 1.38. The number of carbonyl (C=O) groups excluding carboxylic acids is 2. The summed E-state index contributed by atoms with van der Waals surface area (Å²) in [6, 6.07) is 0. The van der Waals surface area contributed by atoms with Crippen molar-refractivity contribution >= 4 is 12.3 Å². The van der Waals surface area contributed by atoms with E-state index in [9.17, 15) is 9.59 Å². The molecule has 3 heteroatoms. The van der Waals surface area contributed by atoms with Crippen molar-refractivity contribution in [2.45, 2.75) is 26.7 Å². The second kappa shape index (κ2) is 5.89. The number of carbonyl (C=O) groups is 1. The molecule has 0 aliphatic rings. The second-order valence-electron chi connectivity index (χ2n) is 2.23. The number of rotatable bonds is 5. The summed E-state index contributed by atoms with van der Waals surface area (Å²) in [6.07, 6.45) is 2.59. The van der Waals surface area contributed by atoms with Gasteiger partial charge >= 0.3 is 5.97 Å². The number of hydrogen-bond donors (Lipinski definition) is 0. The minimum atomic E-state index is -0.317. The van der Waals surface area contributed by atoms with Crippen LogP contribution in [0.2, 0.25) is 0 Å². The van der Waals surface area contributed by atoms with Crippen molar-refractivity contribution in [3.63, 3.8) is 0 Å². The number of esters is 1. The lowest BCUT2D eigenvalue weighted by molar-refractivity contribution is -0.143. The average Bonchev–Trinajstić information content (AvgIpc) is 2.01. The molecule has 0 rings (SSSR count). The zero-order valence-electron chi connectivity index (χ0n) is 6.92. The fourth-order valence-corrected chi connectivity index (χ4v) is 0.690. The van der Waals surface area contributed by atoms with Gasteiger partial charge in [-0.25, -0.2) is 0 Å². The number of hydrogen-bond acceptors (Lipinski definition) is 3. The molecule has 1 unspecified atom stereocenters. The summed E-state index contributed by atoms with van der Waals surface area (Å²) < 4.78 is 4.66. The molecule has 0 heterocycles. The molecule has 0 aliphatic heterocycles. The summed E-state index contributed by atoms with van der Waals surface area (Å²) in [5, 5.41) is 0. The molecule has 0 N–H and O–H groups in total. The Morgan fingerprint density at radius 3 is 2.55 bits per heavy atom. The Morgan fingerprint density at radius 2 is 2.18 bits per heavy atom. The SMILES string of the molecule is CCOC(=O)CC([C]=O)CC. The van der Waals surface area contributed by atoms with Crippen LogP contribution in [0, 0.1) is 5.92 Å². The highest BCUT2D eigenvalue weighted by Gasteiger charge is 2.11. The summed E-state index contributed by atoms with van der Waals surface area (Å²) in [7, 11) is 0. The van der Waals surface area contributed by atoms with Crippen LogP contribution in [0.4, 0.5) is 0 Å². The van der Waals surface area contributed by atoms with E-state index >= 15 is 0 Å². The van der Waals surface area contributed by atoms with Crippen molar-refractivity contribution in [2.24, 2.45) is 5.92 Å². The maximum Gasteiger partial charge on any atom is 0.306 e. The summed E-state index contributed by atoms with van der Waals surface area (Å²) in [6.45, 7) is 3.95. The summed E-state index contributed by atoms with van der Waals surface area (Å²) in [5.74, 6) is -0.614. The summed E-state index contributed by atoms with van der Waals surface area (Å²) in [4.78, 5) is 20.9. The molecule has 0 aliphatic carbocycles. The zero-order chi connectivity index (χ0) is 8.69. The lowest BCUT2D eigenvalue weighted by Crippen LogP contribution is -2.11. The van der Waals surface area contributed by atoms with Gasteiger partial charge in [-0.1, -0.05) is 6.92 Å². The lowest BCUT2D eigenvalue weighted by Gasteiger charge is -2.04. The van der Waals surface area contributed by atoms with Gasteiger partial charge in [-0.15, -0.1) is 0 Å². The highest BCUT2D eigenvalue weighted by molar-refractivity contribution is 5.73. The van der Waals surface area contributed by atoms with Gasteiger partial charge < -0.3 is 4.74 Å². The van der Waals surface area contributed by atoms with Gasteiger partial charge in [0.1, 0.15) is 0 Å². The molecule has 0 saturated heterocycles. The van der Waals surface area contributed by atoms with Crippen molar-refractivity contribution in [1.82, 2.24) is 0 Å². The second-order valence-corrected chi connectivity index (χ2v) is 2.23. The Morgan fingerprint density at radius 1 is 1.55 bits per heavy atom. The van der Waals surface area contributed by atoms with Crippen LogP contribution < -0.4 is 0 Å². The third kappa shape index (κ3) is 4.53. The molecule has 1 atom stereocenters. The zero-order valence-corrected chi connectivity index (χ0v) is 6.92. The molecule has 0 bridgehead atoms. The van der Waals surface area contributed by atoms with Crippen LogP contribution in [-0.2, 0) is 14.3 Å². The van der Waals surface area contributed by atoms with Crippen LogP contribution in [0.5, 0.6) is 0 Å². The largest absolute Gasteiger partial charge is 0.466 e. The quantitative estimate of drug-likeness (QED) is 0.561. The standard InChI is InChI=1S/C8H13O3/c1-3-7(6-9)5-8(10)11-4-2/h7H,3-5H2,1-2H3. The van der Waals surface area contributed by atoms with Crippen molar-refractivity contribution in [3.8, 4) is 0 Å². The van der Waals surface area contributed by atoms with E-state index in [1.165, 1.54) is 0 Å². The molecule has 11 heavy (non-hydrogen) atoms. The number of ether oxygens (including phenoxy) is 1. The van der Waals surface area contributed by atoms with Crippen molar-refractivity contribution in [2.75, 3.05) is 6.61 Å². The maximum atomic E-state index is 10.8. The van der Waals surface area contributed by atoms with Gasteiger partial charge in [0.25, 0.3) is 0 Å². The van der Waals surface area contributed by atoms with Crippen LogP contribution in [0.3, 0.4) is 0 Å². The molecule has 63 valence electrons. The molecule has 3 nitrogen and oxygen atoms in total. The Labute approximate surface area is 66.7 Å². The van der Waals surface area contributed by atoms with E-state index in [-0.39, 0.29) is 18.3 Å². The Bertz CT molecular complexity index is 131. The fraction of sp³-hybridized carbons (Fsp3) is 0.750. The van der Waals surface area contributed by atoms with E-state index in [0.717, 1.165) is 0 Å². The molecular formula is C8H13O3. The Kier molecular flexibility index (Phi) is 5.43. The normalized spacial score (nSPS) is 12.2. The third-order valence-electron chi connectivity index (χ3n) is 1.38. The molecule has 0 spiro atoms. The van der Waals surface area contributed by atoms with Crippen molar-refractivity contribution < 1.29 is 14.3 Å². The van der Waals surface area contributed by atoms with Crippen LogP contribution >= 0.6 is 0 Å². The van der Waals surface area contributed by atoms with Crippen LogP contribution in [0.25, 0.3) is 0 Å². The monoisotopic (exact) mass is 157 g/mol. The van der Waals surface area contributed by atoms with E-state index in [1.807, 2.05) is 6.92 Å². The molecule has 0 aromatic rings. The first-order valence-corrected chi connectivity index (χ1v) is 3.77. The van der Waals surface area contributed by atoms with Crippen LogP contribution in [0.15, 0.2) is 0 Å². The molecular weight excluding hydrogens is 144 g/mol. The van der Waals surface area contributed by atoms with Gasteiger partial charge in [0, 0.05) is 5.92 Å². The molecule has 0 fully saturated rings. The molecule has 0 amide bonds. The minimum Gasteiger partial charge on any atom is -0.466 e. The van der Waals surface area contributed by atoms with Gasteiger partial charge in [0.05, 0.1) is 13.0 Å². The van der Waals surface area contributed by atoms with Crippen molar-refractivity contribution in [1.29, 1.82) is 0 Å². The molecule has 0 aromatic carbocycles. The summed E-state index contributed by atoms with van der Waals surface area (Å²) in [5.41, 5.74) is 0. The minimum absolute atomic E-state index is 0.161. The predicted octanol–water partition coefficient (Wildman–Crippen LogP) is 1.08. The fourth-order valence-electron chi connectivity index (χ4n) is 0.690. The van der Waals surface area contributed by atoms with E-state index in [2.05, 4.69) is 4.74 Å². The molecule has 0 aromatic heterocycles. The van der Waals surface area contributed by atoms with E-state index in [1.54, 1.807) is 13.2 Å². The first-order valence-electron chi connectivity index (χ1n) is 3.77. The Balaban J connectivity index is 3.62. The summed E-state index contributed by atoms with van der Waals surface area (Å²) >= 11 is 0. The van der Waals surface area contributed by atoms with E-state index in [4.69, 9.17) is 0 Å². The maximum absolute atomic E-state index is 10.8. The van der Waals surface area contributed by atoms with Gasteiger partial charge in [0.2, 0.25) is 6.29 Å². The average molecular weight is 157 g/mol. The first kappa shape index (κ1) is 10.1. The lowest BCUT2D eigenvalue weighted by atomic mass is 10.1. The smallest absolute Gasteiger partial charge is 0.306 e. The van der Waals surface area contributed by atoms with E-state index < -0.39 is 0 Å². The molecule has 0 saturated carbocycles. The Hall–Kier alpha value is -0.860. The van der Waals surface area contributed by atoms with E-state index in [0.29, 0.717) is 13.0 Å². The van der Waals surface area contributed by atoms with Crippen molar-refractivity contribution in [3.05, 3.63) is 0 Å². The van der Waals surface area contributed by atoms with Gasteiger partial charge in [-0.2, -0.15) is 0 Å². The van der Waals surface area contributed by atoms with Gasteiger partial charge in [-0.3, -0.25) is 9.59 Å². The van der Waals surface area contributed by atoms with Gasteiger partial charge in [0.15, 0.2) is 0 Å². The highest BCUT2D eigenvalue weighted by Crippen LogP contribution is 2.05.